The molecule has 0 bridgehead atoms. The van der Waals surface area contributed by atoms with Crippen molar-refractivity contribution in [3.63, 3.8) is 0 Å². The van der Waals surface area contributed by atoms with Crippen LogP contribution in [0.15, 0.2) is 65.6 Å². The zero-order valence-electron chi connectivity index (χ0n) is 19.1. The number of hydrogen-bond acceptors (Lipinski definition) is 7. The van der Waals surface area contributed by atoms with Crippen molar-refractivity contribution < 1.29 is 28.7 Å². The summed E-state index contributed by atoms with van der Waals surface area (Å²) in [6.07, 6.45) is 2.18. The molecule has 9 heteroatoms. The number of nitrogens with zero attached hydrogens (tertiary/aromatic N) is 1. The maximum absolute atomic E-state index is 13.1. The molecule has 8 nitrogen and oxygen atoms in total. The van der Waals surface area contributed by atoms with Gasteiger partial charge in [-0.3, -0.25) is 14.9 Å². The standard InChI is InChI=1S/C26H22N2O6S/c1-3-16-7-10-18(11-8-16)28-24(30)19(23(29)27-26(28)32)14-17-9-12-20(21(15-17)33-4-2)34-25(31)22-6-5-13-35-22/h5-15H,3-4H2,1-2H3,(H,27,29,32)/b19-14+. The number of nitrogens with one attached hydrogen (secondary N) is 1. The van der Waals surface area contributed by atoms with E-state index in [1.54, 1.807) is 48.7 Å². The quantitative estimate of drug-likeness (QED) is 0.225. The molecule has 0 spiro atoms. The molecule has 35 heavy (non-hydrogen) atoms. The Bertz CT molecular complexity index is 1310. The number of barbiturate groups is 1. The van der Waals surface area contributed by atoms with E-state index in [4.69, 9.17) is 9.47 Å². The van der Waals surface area contributed by atoms with E-state index < -0.39 is 23.8 Å². The fourth-order valence-electron chi connectivity index (χ4n) is 3.45. The molecule has 0 saturated carbocycles. The molecule has 0 atom stereocenters. The first-order chi connectivity index (χ1) is 16.9. The molecule has 1 aliphatic heterocycles. The number of urea groups is 1. The molecule has 4 rings (SSSR count). The van der Waals surface area contributed by atoms with Gasteiger partial charge in [-0.2, -0.15) is 0 Å². The Morgan fingerprint density at radius 1 is 1.03 bits per heavy atom. The Kier molecular flexibility index (Phi) is 7.07. The van der Waals surface area contributed by atoms with E-state index in [0.717, 1.165) is 16.9 Å². The molecule has 2 aromatic carbocycles. The molecule has 178 valence electrons. The summed E-state index contributed by atoms with van der Waals surface area (Å²) in [5.74, 6) is -1.57. The van der Waals surface area contributed by atoms with E-state index in [9.17, 15) is 19.2 Å². The highest BCUT2D eigenvalue weighted by Gasteiger charge is 2.36. The lowest BCUT2D eigenvalue weighted by atomic mass is 10.1. The fraction of sp³-hybridized carbons (Fsp3) is 0.154. The first-order valence-electron chi connectivity index (χ1n) is 10.9. The molecule has 0 radical (unpaired) electrons. The maximum Gasteiger partial charge on any atom is 0.353 e. The third-order valence-corrected chi connectivity index (χ3v) is 6.06. The Morgan fingerprint density at radius 3 is 2.46 bits per heavy atom. The topological polar surface area (TPSA) is 102 Å². The summed E-state index contributed by atoms with van der Waals surface area (Å²) < 4.78 is 11.1. The summed E-state index contributed by atoms with van der Waals surface area (Å²) in [5.41, 5.74) is 1.65. The highest BCUT2D eigenvalue weighted by molar-refractivity contribution is 7.12. The number of benzene rings is 2. The number of rotatable bonds is 7. The Morgan fingerprint density at radius 2 is 1.80 bits per heavy atom. The first kappa shape index (κ1) is 23.9. The molecule has 0 aliphatic carbocycles. The van der Waals surface area contributed by atoms with Gasteiger partial charge in [0.05, 0.1) is 12.3 Å². The van der Waals surface area contributed by atoms with Crippen LogP contribution in [-0.2, 0) is 16.0 Å². The average molecular weight is 491 g/mol. The second kappa shape index (κ2) is 10.4. The molecular formula is C26H22N2O6S. The van der Waals surface area contributed by atoms with Crippen molar-refractivity contribution >= 4 is 46.9 Å². The van der Waals surface area contributed by atoms with Crippen molar-refractivity contribution in [2.24, 2.45) is 0 Å². The average Bonchev–Trinajstić information content (AvgIpc) is 3.39. The lowest BCUT2D eigenvalue weighted by Gasteiger charge is -2.26. The van der Waals surface area contributed by atoms with Gasteiger partial charge in [0.25, 0.3) is 11.8 Å². The molecule has 1 aliphatic rings. The lowest BCUT2D eigenvalue weighted by molar-refractivity contribution is -0.122. The summed E-state index contributed by atoms with van der Waals surface area (Å²) in [4.78, 5) is 51.8. The van der Waals surface area contributed by atoms with Gasteiger partial charge in [0, 0.05) is 0 Å². The van der Waals surface area contributed by atoms with Crippen molar-refractivity contribution in [1.29, 1.82) is 0 Å². The molecule has 1 aromatic heterocycles. The number of hydrogen-bond donors (Lipinski definition) is 1. The normalized spacial score (nSPS) is 14.7. The van der Waals surface area contributed by atoms with Gasteiger partial charge >= 0.3 is 12.0 Å². The van der Waals surface area contributed by atoms with Crippen LogP contribution in [0.5, 0.6) is 11.5 Å². The number of anilines is 1. The Hall–Kier alpha value is -4.24. The number of carbonyl (C=O) groups excluding carboxylic acids is 4. The summed E-state index contributed by atoms with van der Waals surface area (Å²) in [7, 11) is 0. The molecular weight excluding hydrogens is 468 g/mol. The Labute approximate surface area is 205 Å². The van der Waals surface area contributed by atoms with Crippen LogP contribution in [0, 0.1) is 0 Å². The number of ether oxygens (including phenoxy) is 2. The summed E-state index contributed by atoms with van der Waals surface area (Å²) in [6, 6.07) is 14.2. The minimum absolute atomic E-state index is 0.208. The van der Waals surface area contributed by atoms with Gasteiger partial charge in [-0.25, -0.2) is 14.5 Å². The number of aryl methyl sites for hydroxylation is 1. The van der Waals surface area contributed by atoms with E-state index >= 15 is 0 Å². The van der Waals surface area contributed by atoms with E-state index in [2.05, 4.69) is 5.32 Å². The third-order valence-electron chi connectivity index (χ3n) is 5.21. The van der Waals surface area contributed by atoms with Crippen LogP contribution in [0.3, 0.4) is 0 Å². The number of amides is 4. The molecule has 0 unspecified atom stereocenters. The van der Waals surface area contributed by atoms with Gasteiger partial charge in [-0.05, 0) is 66.3 Å². The van der Waals surface area contributed by atoms with Crippen molar-refractivity contribution in [3.05, 3.63) is 81.6 Å². The second-order valence-electron chi connectivity index (χ2n) is 7.48. The lowest BCUT2D eigenvalue weighted by Crippen LogP contribution is -2.54. The van der Waals surface area contributed by atoms with Crippen molar-refractivity contribution in [2.75, 3.05) is 11.5 Å². The van der Waals surface area contributed by atoms with Crippen LogP contribution in [0.1, 0.15) is 34.6 Å². The molecule has 1 fully saturated rings. The molecule has 2 heterocycles. The first-order valence-corrected chi connectivity index (χ1v) is 11.8. The molecule has 4 amide bonds. The van der Waals surface area contributed by atoms with Gasteiger partial charge < -0.3 is 9.47 Å². The summed E-state index contributed by atoms with van der Waals surface area (Å²) >= 11 is 1.26. The largest absolute Gasteiger partial charge is 0.490 e. The zero-order chi connectivity index (χ0) is 24.9. The van der Waals surface area contributed by atoms with E-state index in [1.165, 1.54) is 23.5 Å². The van der Waals surface area contributed by atoms with Crippen LogP contribution in [0.4, 0.5) is 10.5 Å². The Balaban J connectivity index is 1.64. The van der Waals surface area contributed by atoms with E-state index in [-0.39, 0.29) is 17.1 Å². The maximum atomic E-state index is 13.1. The van der Waals surface area contributed by atoms with Crippen LogP contribution >= 0.6 is 11.3 Å². The summed E-state index contributed by atoms with van der Waals surface area (Å²) in [6.45, 7) is 4.08. The molecule has 3 aromatic rings. The predicted octanol–water partition coefficient (Wildman–Crippen LogP) is 4.59. The van der Waals surface area contributed by atoms with Gasteiger partial charge in [-0.15, -0.1) is 11.3 Å². The van der Waals surface area contributed by atoms with Crippen molar-refractivity contribution in [1.82, 2.24) is 5.32 Å². The van der Waals surface area contributed by atoms with Gasteiger partial charge in [0.1, 0.15) is 10.5 Å². The van der Waals surface area contributed by atoms with E-state index in [0.29, 0.717) is 22.7 Å². The van der Waals surface area contributed by atoms with Crippen LogP contribution in [-0.4, -0.2) is 30.4 Å². The number of imide groups is 2. The van der Waals surface area contributed by atoms with Crippen LogP contribution in [0.2, 0.25) is 0 Å². The number of carbonyl (C=O) groups is 4. The van der Waals surface area contributed by atoms with Gasteiger partial charge in [-0.1, -0.05) is 31.2 Å². The molecule has 1 saturated heterocycles. The SMILES string of the molecule is CCOc1cc(/C=C2\C(=O)NC(=O)N(c3ccc(CC)cc3)C2=O)ccc1OC(=O)c1cccs1. The number of esters is 1. The van der Waals surface area contributed by atoms with Crippen molar-refractivity contribution in [2.45, 2.75) is 20.3 Å². The smallest absolute Gasteiger partial charge is 0.353 e. The highest BCUT2D eigenvalue weighted by Crippen LogP contribution is 2.31. The second-order valence-corrected chi connectivity index (χ2v) is 8.43. The monoisotopic (exact) mass is 490 g/mol. The highest BCUT2D eigenvalue weighted by atomic mass is 32.1. The molecule has 1 N–H and O–H groups in total. The van der Waals surface area contributed by atoms with Crippen LogP contribution in [0.25, 0.3) is 6.08 Å². The van der Waals surface area contributed by atoms with E-state index in [1.807, 2.05) is 19.1 Å². The minimum atomic E-state index is -0.813. The van der Waals surface area contributed by atoms with Crippen LogP contribution < -0.4 is 19.7 Å². The fourth-order valence-corrected chi connectivity index (χ4v) is 4.05. The zero-order valence-corrected chi connectivity index (χ0v) is 19.9. The third kappa shape index (κ3) is 5.15. The van der Waals surface area contributed by atoms with Gasteiger partial charge in [0.2, 0.25) is 0 Å². The van der Waals surface area contributed by atoms with Gasteiger partial charge in [0.15, 0.2) is 11.5 Å². The minimum Gasteiger partial charge on any atom is -0.490 e. The number of thiophene rings is 1. The predicted molar refractivity (Wildman–Crippen MR) is 132 cm³/mol. The van der Waals surface area contributed by atoms with Crippen molar-refractivity contribution in [3.8, 4) is 11.5 Å². The summed E-state index contributed by atoms with van der Waals surface area (Å²) in [5, 5.41) is 3.98.